The van der Waals surface area contributed by atoms with Crippen molar-refractivity contribution in [2.75, 3.05) is 19.8 Å². The van der Waals surface area contributed by atoms with Crippen LogP contribution >= 0.6 is 11.3 Å². The van der Waals surface area contributed by atoms with Crippen LogP contribution in [0.2, 0.25) is 0 Å². The summed E-state index contributed by atoms with van der Waals surface area (Å²) >= 11 is 1.44. The summed E-state index contributed by atoms with van der Waals surface area (Å²) in [6.07, 6.45) is -0.875. The minimum absolute atomic E-state index is 0.117. The van der Waals surface area contributed by atoms with Gasteiger partial charge in [0.15, 0.2) is 0 Å². The number of ether oxygens (including phenoxy) is 1. The number of benzene rings is 1. The minimum atomic E-state index is -4.65. The van der Waals surface area contributed by atoms with Crippen LogP contribution in [0.3, 0.4) is 0 Å². The van der Waals surface area contributed by atoms with Gasteiger partial charge in [-0.15, -0.1) is 11.3 Å². The van der Waals surface area contributed by atoms with E-state index in [4.69, 9.17) is 4.74 Å². The van der Waals surface area contributed by atoms with E-state index in [-0.39, 0.29) is 17.5 Å². The zero-order valence-electron chi connectivity index (χ0n) is 19.8. The molecular weight excluding hydrogens is 495 g/mol. The summed E-state index contributed by atoms with van der Waals surface area (Å²) in [5.41, 5.74) is 1.49. The number of nitrogens with one attached hydrogen (secondary N) is 1. The van der Waals surface area contributed by atoms with E-state index < -0.39 is 23.9 Å². The fourth-order valence-electron chi connectivity index (χ4n) is 3.76. The van der Waals surface area contributed by atoms with Crippen molar-refractivity contribution in [2.24, 2.45) is 0 Å². The zero-order valence-corrected chi connectivity index (χ0v) is 20.6. The van der Waals surface area contributed by atoms with Crippen molar-refractivity contribution < 1.29 is 27.5 Å². The molecule has 2 amide bonds. The number of carbonyl (C=O) groups is 2. The highest BCUT2D eigenvalue weighted by Gasteiger charge is 2.34. The van der Waals surface area contributed by atoms with Crippen LogP contribution in [0, 0.1) is 6.92 Å². The van der Waals surface area contributed by atoms with E-state index in [2.05, 4.69) is 20.3 Å². The molecule has 1 saturated heterocycles. The molecule has 1 N–H and O–H groups in total. The molecule has 1 fully saturated rings. The second kappa shape index (κ2) is 10.3. The minimum Gasteiger partial charge on any atom is -0.377 e. The average Bonchev–Trinajstić information content (AvgIpc) is 3.29. The molecule has 36 heavy (non-hydrogen) atoms. The number of aryl methyl sites for hydroxylation is 1. The number of halogens is 3. The highest BCUT2D eigenvalue weighted by atomic mass is 32.1. The van der Waals surface area contributed by atoms with Crippen LogP contribution < -0.4 is 5.32 Å². The first-order valence-electron chi connectivity index (χ1n) is 11.2. The van der Waals surface area contributed by atoms with Gasteiger partial charge in [-0.25, -0.2) is 15.0 Å². The lowest BCUT2D eigenvalue weighted by atomic mass is 10.0. The summed E-state index contributed by atoms with van der Waals surface area (Å²) < 4.78 is 43.7. The van der Waals surface area contributed by atoms with Gasteiger partial charge in [0.2, 0.25) is 5.82 Å². The Bertz CT molecular complexity index is 1260. The normalized spacial score (nSPS) is 17.1. The molecule has 0 radical (unpaired) electrons. The SMILES string of the molecule is Cc1cnc(-c2cc(C(=O)N[C@H](C)c3cnc(C(F)(F)F)nc3)cc(C(=O)N3CCOC[C@H]3C)c2)s1. The van der Waals surface area contributed by atoms with Crippen molar-refractivity contribution >= 4 is 23.2 Å². The monoisotopic (exact) mass is 519 g/mol. The van der Waals surface area contributed by atoms with E-state index in [1.807, 2.05) is 13.8 Å². The molecule has 0 aliphatic carbocycles. The number of hydrogen-bond donors (Lipinski definition) is 1. The van der Waals surface area contributed by atoms with Crippen LogP contribution in [0.1, 0.15) is 56.9 Å². The third kappa shape index (κ3) is 5.71. The first kappa shape index (κ1) is 25.7. The van der Waals surface area contributed by atoms with Crippen molar-refractivity contribution in [3.63, 3.8) is 0 Å². The lowest BCUT2D eigenvalue weighted by Crippen LogP contribution is -2.47. The van der Waals surface area contributed by atoms with Gasteiger partial charge in [0, 0.05) is 52.3 Å². The van der Waals surface area contributed by atoms with Gasteiger partial charge in [-0.3, -0.25) is 9.59 Å². The van der Waals surface area contributed by atoms with Crippen LogP contribution in [0.15, 0.2) is 36.8 Å². The van der Waals surface area contributed by atoms with Gasteiger partial charge in [0.25, 0.3) is 11.8 Å². The number of amides is 2. The van der Waals surface area contributed by atoms with Gasteiger partial charge in [-0.1, -0.05) is 0 Å². The third-order valence-electron chi connectivity index (χ3n) is 5.71. The molecule has 3 heterocycles. The van der Waals surface area contributed by atoms with E-state index in [0.717, 1.165) is 17.3 Å². The summed E-state index contributed by atoms with van der Waals surface area (Å²) in [5.74, 6) is -1.97. The fraction of sp³-hybridized carbons (Fsp3) is 0.375. The fourth-order valence-corrected chi connectivity index (χ4v) is 4.51. The van der Waals surface area contributed by atoms with Gasteiger partial charge in [-0.05, 0) is 39.0 Å². The second-order valence-electron chi connectivity index (χ2n) is 8.53. The number of hydrogen-bond acceptors (Lipinski definition) is 7. The summed E-state index contributed by atoms with van der Waals surface area (Å²) in [7, 11) is 0. The Hall–Kier alpha value is -3.38. The van der Waals surface area contributed by atoms with Crippen molar-refractivity contribution in [3.8, 4) is 10.6 Å². The van der Waals surface area contributed by atoms with Crippen LogP contribution in [0.25, 0.3) is 10.6 Å². The quantitative estimate of drug-likeness (QED) is 0.541. The Morgan fingerprint density at radius 1 is 1.14 bits per heavy atom. The zero-order chi connectivity index (χ0) is 26.0. The third-order valence-corrected chi connectivity index (χ3v) is 6.67. The van der Waals surface area contributed by atoms with Crippen molar-refractivity contribution in [1.29, 1.82) is 0 Å². The lowest BCUT2D eigenvalue weighted by Gasteiger charge is -2.33. The number of nitrogens with zero attached hydrogens (tertiary/aromatic N) is 4. The van der Waals surface area contributed by atoms with E-state index in [1.54, 1.807) is 30.2 Å². The molecule has 4 rings (SSSR count). The maximum atomic E-state index is 13.3. The molecule has 0 unspecified atom stereocenters. The van der Waals surface area contributed by atoms with Gasteiger partial charge < -0.3 is 15.0 Å². The number of thiazole rings is 1. The first-order valence-corrected chi connectivity index (χ1v) is 12.0. The van der Waals surface area contributed by atoms with E-state index in [9.17, 15) is 22.8 Å². The standard InChI is InChI=1S/C24H24F3N5O3S/c1-13-12-35-5-4-32(13)22(34)18-7-16(6-17(8-18)21-28-9-14(2)36-21)20(33)31-15(3)19-10-29-23(30-11-19)24(25,26)27/h6-11,13,15H,4-5,12H2,1-3H3,(H,31,33)/t13-,15-/m1/s1. The van der Waals surface area contributed by atoms with Crippen molar-refractivity contribution in [3.05, 3.63) is 64.2 Å². The molecule has 1 aromatic carbocycles. The summed E-state index contributed by atoms with van der Waals surface area (Å²) in [6.45, 7) is 6.71. The molecule has 190 valence electrons. The van der Waals surface area contributed by atoms with Crippen LogP contribution in [-0.2, 0) is 10.9 Å². The van der Waals surface area contributed by atoms with Gasteiger partial charge >= 0.3 is 6.18 Å². The highest BCUT2D eigenvalue weighted by Crippen LogP contribution is 2.29. The summed E-state index contributed by atoms with van der Waals surface area (Å²) in [5, 5.41) is 3.41. The van der Waals surface area contributed by atoms with E-state index in [1.165, 1.54) is 17.4 Å². The molecule has 1 aliphatic heterocycles. The first-order chi connectivity index (χ1) is 17.0. The Kier molecular flexibility index (Phi) is 7.36. The Morgan fingerprint density at radius 3 is 2.44 bits per heavy atom. The average molecular weight is 520 g/mol. The predicted molar refractivity (Wildman–Crippen MR) is 127 cm³/mol. The van der Waals surface area contributed by atoms with Crippen molar-refractivity contribution in [2.45, 2.75) is 39.0 Å². The molecule has 2 aromatic heterocycles. The molecule has 1 aliphatic rings. The number of aromatic nitrogens is 3. The smallest absolute Gasteiger partial charge is 0.377 e. The number of carbonyl (C=O) groups excluding carboxylic acids is 2. The topological polar surface area (TPSA) is 97.3 Å². The van der Waals surface area contributed by atoms with E-state index in [0.29, 0.717) is 41.5 Å². The Morgan fingerprint density at radius 2 is 1.83 bits per heavy atom. The molecule has 0 saturated carbocycles. The number of alkyl halides is 3. The van der Waals surface area contributed by atoms with Crippen LogP contribution in [-0.4, -0.2) is 57.5 Å². The summed E-state index contributed by atoms with van der Waals surface area (Å²) in [6, 6.07) is 4.08. The molecule has 2 atom stereocenters. The molecule has 12 heteroatoms. The van der Waals surface area contributed by atoms with E-state index >= 15 is 0 Å². The molecular formula is C24H24F3N5O3S. The van der Waals surface area contributed by atoms with Gasteiger partial charge in [0.1, 0.15) is 5.01 Å². The Balaban J connectivity index is 1.62. The lowest BCUT2D eigenvalue weighted by molar-refractivity contribution is -0.145. The van der Waals surface area contributed by atoms with Gasteiger partial charge in [-0.2, -0.15) is 13.2 Å². The second-order valence-corrected chi connectivity index (χ2v) is 9.77. The summed E-state index contributed by atoms with van der Waals surface area (Å²) in [4.78, 5) is 40.3. The largest absolute Gasteiger partial charge is 0.451 e. The molecule has 3 aromatic rings. The number of rotatable bonds is 5. The number of morpholine rings is 1. The predicted octanol–water partition coefficient (Wildman–Crippen LogP) is 4.28. The highest BCUT2D eigenvalue weighted by molar-refractivity contribution is 7.14. The maximum absolute atomic E-state index is 13.3. The Labute approximate surface area is 209 Å². The molecule has 8 nitrogen and oxygen atoms in total. The van der Waals surface area contributed by atoms with Crippen molar-refractivity contribution in [1.82, 2.24) is 25.2 Å². The van der Waals surface area contributed by atoms with Gasteiger partial charge in [0.05, 0.1) is 25.3 Å². The van der Waals surface area contributed by atoms with Crippen LogP contribution in [0.5, 0.6) is 0 Å². The molecule has 0 bridgehead atoms. The maximum Gasteiger partial charge on any atom is 0.451 e. The van der Waals surface area contributed by atoms with Crippen LogP contribution in [0.4, 0.5) is 13.2 Å². The molecule has 0 spiro atoms.